The highest BCUT2D eigenvalue weighted by Crippen LogP contribution is 2.11. The molecular weight excluding hydrogens is 138 g/mol. The lowest BCUT2D eigenvalue weighted by atomic mass is 10.3. The fourth-order valence-electron chi connectivity index (χ4n) is 0.275. The molecule has 54 valence electrons. The summed E-state index contributed by atoms with van der Waals surface area (Å²) in [6, 6.07) is 0. The zero-order valence-corrected chi connectivity index (χ0v) is 5.23. The van der Waals surface area contributed by atoms with Crippen molar-refractivity contribution in [3.63, 3.8) is 0 Å². The van der Waals surface area contributed by atoms with E-state index in [4.69, 9.17) is 0 Å². The van der Waals surface area contributed by atoms with Crippen LogP contribution in [0.5, 0.6) is 0 Å². The molecule has 0 rings (SSSR count). The second-order valence-electron chi connectivity index (χ2n) is 1.59. The van der Waals surface area contributed by atoms with E-state index in [0.29, 0.717) is 12.4 Å². The average molecular weight is 144 g/mol. The Morgan fingerprint density at radius 2 is 1.80 bits per heavy atom. The Hall–Kier alpha value is -1.25. The van der Waals surface area contributed by atoms with Crippen molar-refractivity contribution in [3.8, 4) is 0 Å². The van der Waals surface area contributed by atoms with E-state index in [1.54, 1.807) is 0 Å². The highest BCUT2D eigenvalue weighted by atomic mass is 19.2. The molecule has 10 heavy (non-hydrogen) atoms. The third kappa shape index (κ3) is 2.91. The monoisotopic (exact) mass is 144 g/mol. The molecular formula is C7H6F2O. The largest absolute Gasteiger partial charge is 0.298 e. The Bertz CT molecular complexity index is 204. The van der Waals surface area contributed by atoms with Gasteiger partial charge in [-0.2, -0.15) is 0 Å². The van der Waals surface area contributed by atoms with Gasteiger partial charge in [0.25, 0.3) is 0 Å². The Morgan fingerprint density at radius 1 is 1.30 bits per heavy atom. The zero-order valence-electron chi connectivity index (χ0n) is 5.23. The molecule has 0 N–H and O–H groups in total. The van der Waals surface area contributed by atoms with Gasteiger partial charge in [-0.15, -0.1) is 0 Å². The lowest BCUT2D eigenvalue weighted by molar-refractivity contribution is -0.104. The summed E-state index contributed by atoms with van der Waals surface area (Å²) in [5.74, 6) is -2.37. The Kier molecular flexibility index (Phi) is 3.25. The van der Waals surface area contributed by atoms with Crippen molar-refractivity contribution < 1.29 is 13.6 Å². The van der Waals surface area contributed by atoms with E-state index in [1.807, 2.05) is 0 Å². The van der Waals surface area contributed by atoms with Crippen molar-refractivity contribution >= 4 is 6.29 Å². The van der Waals surface area contributed by atoms with Gasteiger partial charge < -0.3 is 0 Å². The maximum absolute atomic E-state index is 12.1. The predicted octanol–water partition coefficient (Wildman–Crippen LogP) is 2.08. The highest BCUT2D eigenvalue weighted by Gasteiger charge is 1.98. The molecule has 0 fully saturated rings. The first-order chi connectivity index (χ1) is 4.57. The van der Waals surface area contributed by atoms with Crippen molar-refractivity contribution in [1.82, 2.24) is 0 Å². The number of carbonyl (C=O) groups is 1. The first kappa shape index (κ1) is 8.75. The van der Waals surface area contributed by atoms with Gasteiger partial charge in [-0.25, -0.2) is 8.78 Å². The molecule has 0 aromatic carbocycles. The summed E-state index contributed by atoms with van der Waals surface area (Å²) in [5, 5.41) is 0. The van der Waals surface area contributed by atoms with E-state index in [-0.39, 0.29) is 5.57 Å². The first-order valence-electron chi connectivity index (χ1n) is 2.44. The number of carbonyl (C=O) groups excluding carboxylic acids is 1. The van der Waals surface area contributed by atoms with Crippen LogP contribution in [-0.2, 0) is 4.79 Å². The second kappa shape index (κ2) is 3.71. The fraction of sp³-hybridized carbons (Fsp3) is 0. The zero-order chi connectivity index (χ0) is 8.15. The molecule has 0 saturated carbocycles. The first-order valence-corrected chi connectivity index (χ1v) is 2.44. The van der Waals surface area contributed by atoms with Crippen LogP contribution in [0.2, 0.25) is 0 Å². The van der Waals surface area contributed by atoms with Gasteiger partial charge in [0, 0.05) is 5.57 Å². The summed E-state index contributed by atoms with van der Waals surface area (Å²) >= 11 is 0. The van der Waals surface area contributed by atoms with Crippen LogP contribution >= 0.6 is 0 Å². The van der Waals surface area contributed by atoms with E-state index in [2.05, 4.69) is 13.2 Å². The van der Waals surface area contributed by atoms with Crippen LogP contribution in [0, 0.1) is 0 Å². The Labute approximate surface area is 57.4 Å². The number of hydrogen-bond acceptors (Lipinski definition) is 1. The number of allylic oxidation sites excluding steroid dienone is 4. The third-order valence-corrected chi connectivity index (χ3v) is 0.723. The van der Waals surface area contributed by atoms with Crippen LogP contribution in [-0.4, -0.2) is 6.29 Å². The topological polar surface area (TPSA) is 17.1 Å². The van der Waals surface area contributed by atoms with E-state index < -0.39 is 11.7 Å². The summed E-state index contributed by atoms with van der Waals surface area (Å²) in [6.45, 7) is 5.78. The third-order valence-electron chi connectivity index (χ3n) is 0.723. The molecule has 0 aromatic heterocycles. The molecule has 0 unspecified atom stereocenters. The molecule has 0 aromatic rings. The van der Waals surface area contributed by atoms with Crippen molar-refractivity contribution in [2.45, 2.75) is 0 Å². The molecule has 1 nitrogen and oxygen atoms in total. The summed E-state index contributed by atoms with van der Waals surface area (Å²) in [5.41, 5.74) is -0.128. The molecule has 0 amide bonds. The summed E-state index contributed by atoms with van der Waals surface area (Å²) < 4.78 is 23.9. The highest BCUT2D eigenvalue weighted by molar-refractivity contribution is 5.76. The van der Waals surface area contributed by atoms with Gasteiger partial charge >= 0.3 is 0 Å². The van der Waals surface area contributed by atoms with Crippen LogP contribution in [0.25, 0.3) is 0 Å². The van der Waals surface area contributed by atoms with Crippen molar-refractivity contribution in [2.75, 3.05) is 0 Å². The van der Waals surface area contributed by atoms with Gasteiger partial charge in [-0.3, -0.25) is 4.79 Å². The predicted molar refractivity (Wildman–Crippen MR) is 34.6 cm³/mol. The molecule has 3 heteroatoms. The molecule has 0 heterocycles. The molecule has 0 bridgehead atoms. The van der Waals surface area contributed by atoms with Crippen LogP contribution in [0.3, 0.4) is 0 Å². The van der Waals surface area contributed by atoms with Crippen molar-refractivity contribution in [1.29, 1.82) is 0 Å². The standard InChI is InChI=1S/C7H6F2O/c1-5(4-10)3-7(9)6(2)8/h3-4H,1-2H2/b7-3+. The molecule has 0 spiro atoms. The smallest absolute Gasteiger partial charge is 0.158 e. The van der Waals surface area contributed by atoms with Gasteiger partial charge in [0.05, 0.1) is 0 Å². The average Bonchev–Trinajstić information content (AvgIpc) is 1.87. The normalized spacial score (nSPS) is 10.8. The Balaban J connectivity index is 4.30. The number of rotatable bonds is 3. The van der Waals surface area contributed by atoms with E-state index in [1.165, 1.54) is 0 Å². The van der Waals surface area contributed by atoms with E-state index >= 15 is 0 Å². The van der Waals surface area contributed by atoms with E-state index in [9.17, 15) is 13.6 Å². The minimum absolute atomic E-state index is 0.128. The summed E-state index contributed by atoms with van der Waals surface area (Å²) in [4.78, 5) is 9.80. The van der Waals surface area contributed by atoms with Crippen molar-refractivity contribution in [2.24, 2.45) is 0 Å². The van der Waals surface area contributed by atoms with E-state index in [0.717, 1.165) is 0 Å². The molecule has 0 aliphatic rings. The molecule has 0 atom stereocenters. The van der Waals surface area contributed by atoms with Crippen LogP contribution < -0.4 is 0 Å². The SMILES string of the molecule is C=C(C=O)/C=C(/F)C(=C)F. The van der Waals surface area contributed by atoms with Gasteiger partial charge in [0.2, 0.25) is 0 Å². The molecule has 0 aliphatic heterocycles. The minimum Gasteiger partial charge on any atom is -0.298 e. The summed E-state index contributed by atoms with van der Waals surface area (Å²) in [6.07, 6.45) is 0.998. The molecule has 0 aliphatic carbocycles. The maximum Gasteiger partial charge on any atom is 0.158 e. The maximum atomic E-state index is 12.1. The Morgan fingerprint density at radius 3 is 2.10 bits per heavy atom. The van der Waals surface area contributed by atoms with Crippen molar-refractivity contribution in [3.05, 3.63) is 36.5 Å². The fourth-order valence-corrected chi connectivity index (χ4v) is 0.275. The number of aldehydes is 1. The van der Waals surface area contributed by atoms with Crippen LogP contribution in [0.1, 0.15) is 0 Å². The lowest BCUT2D eigenvalue weighted by Gasteiger charge is -1.87. The second-order valence-corrected chi connectivity index (χ2v) is 1.59. The lowest BCUT2D eigenvalue weighted by Crippen LogP contribution is -1.78. The number of halogens is 2. The van der Waals surface area contributed by atoms with Gasteiger partial charge in [0.1, 0.15) is 6.29 Å². The van der Waals surface area contributed by atoms with Crippen LogP contribution in [0.15, 0.2) is 36.5 Å². The minimum atomic E-state index is -1.21. The molecule has 0 saturated heterocycles. The molecule has 0 radical (unpaired) electrons. The number of hydrogen-bond donors (Lipinski definition) is 0. The van der Waals surface area contributed by atoms with Gasteiger partial charge in [-0.1, -0.05) is 13.2 Å². The van der Waals surface area contributed by atoms with Crippen LogP contribution in [0.4, 0.5) is 8.78 Å². The van der Waals surface area contributed by atoms with Gasteiger partial charge in [-0.05, 0) is 6.08 Å². The summed E-state index contributed by atoms with van der Waals surface area (Å²) in [7, 11) is 0. The quantitative estimate of drug-likeness (QED) is 0.336. The van der Waals surface area contributed by atoms with Gasteiger partial charge in [0.15, 0.2) is 11.7 Å².